The number of hydrogen-bond donors (Lipinski definition) is 0. The van der Waals surface area contributed by atoms with Crippen molar-refractivity contribution >= 4 is 5.78 Å². The highest BCUT2D eigenvalue weighted by molar-refractivity contribution is 5.80. The standard InChI is InChI=1S/C19H29FO2/c1-14(2)13-22-18-12-8-10-16(19(18)20)9-6-5-7-11-17(21)15(3)4/h8,10,12,14-15H,5-7,9,11,13H2,1-4H3. The van der Waals surface area contributed by atoms with E-state index in [1.807, 2.05) is 39.8 Å². The molecular formula is C19H29FO2. The van der Waals surface area contributed by atoms with Crippen molar-refractivity contribution in [1.82, 2.24) is 0 Å². The molecule has 0 radical (unpaired) electrons. The van der Waals surface area contributed by atoms with Crippen LogP contribution >= 0.6 is 0 Å². The molecule has 1 aromatic carbocycles. The number of ketones is 1. The molecule has 0 aliphatic carbocycles. The van der Waals surface area contributed by atoms with E-state index in [1.54, 1.807) is 6.07 Å². The summed E-state index contributed by atoms with van der Waals surface area (Å²) in [6.07, 6.45) is 4.07. The molecule has 0 heterocycles. The fraction of sp³-hybridized carbons (Fsp3) is 0.632. The van der Waals surface area contributed by atoms with Gasteiger partial charge in [0, 0.05) is 12.3 Å². The minimum Gasteiger partial charge on any atom is -0.490 e. The lowest BCUT2D eigenvalue weighted by atomic mass is 10.0. The van der Waals surface area contributed by atoms with Crippen molar-refractivity contribution < 1.29 is 13.9 Å². The van der Waals surface area contributed by atoms with Crippen LogP contribution in [0.3, 0.4) is 0 Å². The molecule has 0 bridgehead atoms. The van der Waals surface area contributed by atoms with Gasteiger partial charge in [0.15, 0.2) is 11.6 Å². The van der Waals surface area contributed by atoms with Crippen LogP contribution in [-0.2, 0) is 11.2 Å². The number of aryl methyl sites for hydroxylation is 1. The molecule has 3 heteroatoms. The van der Waals surface area contributed by atoms with Crippen LogP contribution in [0.5, 0.6) is 5.75 Å². The lowest BCUT2D eigenvalue weighted by Crippen LogP contribution is -2.07. The van der Waals surface area contributed by atoms with Gasteiger partial charge in [-0.05, 0) is 36.8 Å². The summed E-state index contributed by atoms with van der Waals surface area (Å²) in [5.41, 5.74) is 0.705. The Morgan fingerprint density at radius 3 is 2.50 bits per heavy atom. The van der Waals surface area contributed by atoms with Gasteiger partial charge in [0.1, 0.15) is 5.78 Å². The molecule has 124 valence electrons. The minimum atomic E-state index is -0.235. The second-order valence-corrected chi connectivity index (χ2v) is 6.62. The van der Waals surface area contributed by atoms with Crippen molar-refractivity contribution in [3.8, 4) is 5.75 Å². The fourth-order valence-electron chi connectivity index (χ4n) is 2.20. The Balaban J connectivity index is 2.39. The molecule has 0 spiro atoms. The fourth-order valence-corrected chi connectivity index (χ4v) is 2.20. The Morgan fingerprint density at radius 1 is 1.14 bits per heavy atom. The van der Waals surface area contributed by atoms with Gasteiger partial charge in [-0.3, -0.25) is 4.79 Å². The maximum Gasteiger partial charge on any atom is 0.168 e. The summed E-state index contributed by atoms with van der Waals surface area (Å²) in [6, 6.07) is 5.34. The number of rotatable bonds is 10. The molecule has 0 aliphatic rings. The number of Topliss-reactive ketones (excluding diaryl/α,β-unsaturated/α-hetero) is 1. The zero-order valence-electron chi connectivity index (χ0n) is 14.3. The van der Waals surface area contributed by atoms with Crippen LogP contribution in [0.25, 0.3) is 0 Å². The predicted octanol–water partition coefficient (Wildman–Crippen LogP) is 5.19. The van der Waals surface area contributed by atoms with Gasteiger partial charge in [-0.25, -0.2) is 4.39 Å². The third-order valence-corrected chi connectivity index (χ3v) is 3.63. The quantitative estimate of drug-likeness (QED) is 0.556. The van der Waals surface area contributed by atoms with Crippen LogP contribution in [0.4, 0.5) is 4.39 Å². The first-order valence-electron chi connectivity index (χ1n) is 8.34. The molecule has 0 atom stereocenters. The summed E-state index contributed by atoms with van der Waals surface area (Å²) >= 11 is 0. The highest BCUT2D eigenvalue weighted by Gasteiger charge is 2.10. The molecule has 0 saturated heterocycles. The molecule has 1 rings (SSSR count). The van der Waals surface area contributed by atoms with Gasteiger partial charge in [-0.1, -0.05) is 46.2 Å². The number of unbranched alkanes of at least 4 members (excludes halogenated alkanes) is 2. The summed E-state index contributed by atoms with van der Waals surface area (Å²) in [5.74, 6) is 0.923. The van der Waals surface area contributed by atoms with Crippen molar-refractivity contribution in [3.05, 3.63) is 29.6 Å². The van der Waals surface area contributed by atoms with Gasteiger partial charge in [-0.2, -0.15) is 0 Å². The Hall–Kier alpha value is -1.38. The first-order valence-corrected chi connectivity index (χ1v) is 8.34. The average molecular weight is 308 g/mol. The van der Waals surface area contributed by atoms with E-state index < -0.39 is 0 Å². The van der Waals surface area contributed by atoms with Crippen LogP contribution in [0.2, 0.25) is 0 Å². The Kier molecular flexibility index (Phi) is 8.15. The second-order valence-electron chi connectivity index (χ2n) is 6.62. The molecular weight excluding hydrogens is 279 g/mol. The number of hydrogen-bond acceptors (Lipinski definition) is 2. The number of halogens is 1. The molecule has 22 heavy (non-hydrogen) atoms. The van der Waals surface area contributed by atoms with Gasteiger partial charge in [0.2, 0.25) is 0 Å². The largest absolute Gasteiger partial charge is 0.490 e. The van der Waals surface area contributed by atoms with E-state index in [2.05, 4.69) is 0 Å². The lowest BCUT2D eigenvalue weighted by Gasteiger charge is -2.12. The van der Waals surface area contributed by atoms with E-state index in [1.165, 1.54) is 0 Å². The summed E-state index contributed by atoms with van der Waals surface area (Å²) in [4.78, 5) is 11.5. The first-order chi connectivity index (χ1) is 10.4. The summed E-state index contributed by atoms with van der Waals surface area (Å²) in [6.45, 7) is 8.47. The molecule has 0 fully saturated rings. The zero-order chi connectivity index (χ0) is 16.5. The van der Waals surface area contributed by atoms with Crippen molar-refractivity contribution in [2.75, 3.05) is 6.61 Å². The van der Waals surface area contributed by atoms with Crippen LogP contribution in [0, 0.1) is 17.7 Å². The van der Waals surface area contributed by atoms with Crippen molar-refractivity contribution in [2.45, 2.75) is 59.8 Å². The molecule has 0 aromatic heterocycles. The SMILES string of the molecule is CC(C)COc1cccc(CCCCCC(=O)C(C)C)c1F. The van der Waals surface area contributed by atoms with Crippen molar-refractivity contribution in [1.29, 1.82) is 0 Å². The molecule has 0 saturated carbocycles. The van der Waals surface area contributed by atoms with Gasteiger partial charge < -0.3 is 4.74 Å². The molecule has 0 aliphatic heterocycles. The van der Waals surface area contributed by atoms with E-state index in [9.17, 15) is 9.18 Å². The maximum absolute atomic E-state index is 14.3. The third-order valence-electron chi connectivity index (χ3n) is 3.63. The van der Waals surface area contributed by atoms with Gasteiger partial charge >= 0.3 is 0 Å². The smallest absolute Gasteiger partial charge is 0.168 e. The number of benzene rings is 1. The third kappa shape index (κ3) is 6.59. The molecule has 1 aromatic rings. The van der Waals surface area contributed by atoms with Crippen LogP contribution in [-0.4, -0.2) is 12.4 Å². The summed E-state index contributed by atoms with van der Waals surface area (Å²) in [5, 5.41) is 0. The van der Waals surface area contributed by atoms with Gasteiger partial charge in [0.05, 0.1) is 6.61 Å². The first kappa shape index (κ1) is 18.7. The topological polar surface area (TPSA) is 26.3 Å². The van der Waals surface area contributed by atoms with E-state index in [0.29, 0.717) is 42.5 Å². The molecule has 0 N–H and O–H groups in total. The zero-order valence-corrected chi connectivity index (χ0v) is 14.3. The highest BCUT2D eigenvalue weighted by Crippen LogP contribution is 2.22. The van der Waals surface area contributed by atoms with Crippen LogP contribution in [0.15, 0.2) is 18.2 Å². The second kappa shape index (κ2) is 9.60. The molecule has 0 amide bonds. The van der Waals surface area contributed by atoms with Crippen molar-refractivity contribution in [3.63, 3.8) is 0 Å². The molecule has 0 unspecified atom stereocenters. The van der Waals surface area contributed by atoms with E-state index >= 15 is 0 Å². The van der Waals surface area contributed by atoms with E-state index in [0.717, 1.165) is 19.3 Å². The van der Waals surface area contributed by atoms with Gasteiger partial charge in [0.25, 0.3) is 0 Å². The maximum atomic E-state index is 14.3. The average Bonchev–Trinajstić information content (AvgIpc) is 2.46. The number of carbonyl (C=O) groups is 1. The Labute approximate surface area is 134 Å². The van der Waals surface area contributed by atoms with Crippen LogP contribution in [0.1, 0.15) is 58.9 Å². The van der Waals surface area contributed by atoms with E-state index in [-0.39, 0.29) is 11.7 Å². The Bertz CT molecular complexity index is 467. The molecule has 2 nitrogen and oxygen atoms in total. The van der Waals surface area contributed by atoms with Crippen molar-refractivity contribution in [2.24, 2.45) is 11.8 Å². The number of carbonyl (C=O) groups excluding carboxylic acids is 1. The van der Waals surface area contributed by atoms with E-state index in [4.69, 9.17) is 4.74 Å². The monoisotopic (exact) mass is 308 g/mol. The highest BCUT2D eigenvalue weighted by atomic mass is 19.1. The number of ether oxygens (including phenoxy) is 1. The predicted molar refractivity (Wildman–Crippen MR) is 88.8 cm³/mol. The summed E-state index contributed by atoms with van der Waals surface area (Å²) < 4.78 is 19.8. The normalized spacial score (nSPS) is 11.2. The Morgan fingerprint density at radius 2 is 1.86 bits per heavy atom. The minimum absolute atomic E-state index is 0.118. The van der Waals surface area contributed by atoms with Gasteiger partial charge in [-0.15, -0.1) is 0 Å². The van der Waals surface area contributed by atoms with Crippen LogP contribution < -0.4 is 4.74 Å². The summed E-state index contributed by atoms with van der Waals surface area (Å²) in [7, 11) is 0. The lowest BCUT2D eigenvalue weighted by molar-refractivity contribution is -0.122.